The van der Waals surface area contributed by atoms with Gasteiger partial charge in [0.15, 0.2) is 11.5 Å². The van der Waals surface area contributed by atoms with E-state index in [1.54, 1.807) is 43.3 Å². The normalized spacial score (nSPS) is 15.7. The van der Waals surface area contributed by atoms with Crippen molar-refractivity contribution in [2.45, 2.75) is 18.4 Å². The van der Waals surface area contributed by atoms with E-state index in [2.05, 4.69) is 9.62 Å². The minimum Gasteiger partial charge on any atom is -0.454 e. The summed E-state index contributed by atoms with van der Waals surface area (Å²) in [7, 11) is -3.74. The number of piperazine rings is 1. The van der Waals surface area contributed by atoms with Gasteiger partial charge in [-0.2, -0.15) is 0 Å². The van der Waals surface area contributed by atoms with Gasteiger partial charge in [-0.15, -0.1) is 0 Å². The van der Waals surface area contributed by atoms with Crippen molar-refractivity contribution in [1.82, 2.24) is 9.80 Å². The van der Waals surface area contributed by atoms with Crippen LogP contribution in [0.15, 0.2) is 71.6 Å². The van der Waals surface area contributed by atoms with E-state index in [-0.39, 0.29) is 17.6 Å². The van der Waals surface area contributed by atoms with Gasteiger partial charge in [0.1, 0.15) is 0 Å². The Labute approximate surface area is 205 Å². The zero-order valence-electron chi connectivity index (χ0n) is 19.4. The number of amides is 1. The highest BCUT2D eigenvalue weighted by atomic mass is 32.2. The van der Waals surface area contributed by atoms with Crippen LogP contribution in [0, 0.1) is 6.92 Å². The van der Waals surface area contributed by atoms with Crippen LogP contribution in [-0.4, -0.2) is 57.1 Å². The summed E-state index contributed by atoms with van der Waals surface area (Å²) in [5.74, 6) is 1.45. The molecule has 2 heterocycles. The van der Waals surface area contributed by atoms with Crippen molar-refractivity contribution < 1.29 is 22.7 Å². The lowest BCUT2D eigenvalue weighted by atomic mass is 10.1. The lowest BCUT2D eigenvalue weighted by Crippen LogP contribution is -2.48. The number of nitrogens with one attached hydrogen (secondary N) is 1. The largest absolute Gasteiger partial charge is 0.454 e. The van der Waals surface area contributed by atoms with Crippen LogP contribution in [0.3, 0.4) is 0 Å². The Balaban J connectivity index is 1.23. The standard InChI is InChI=1S/C26H27N3O5S/c1-19-22(8-5-9-23(19)27-35(31,32)21-6-3-2-4-7-21)26(30)29-14-12-28(13-15-29)17-20-10-11-24-25(16-20)34-18-33-24/h2-11,16,27H,12-15,17-18H2,1H3. The maximum Gasteiger partial charge on any atom is 0.261 e. The highest BCUT2D eigenvalue weighted by Crippen LogP contribution is 2.33. The van der Waals surface area contributed by atoms with E-state index >= 15 is 0 Å². The first-order valence-electron chi connectivity index (χ1n) is 11.5. The van der Waals surface area contributed by atoms with Gasteiger partial charge in [-0.3, -0.25) is 14.4 Å². The van der Waals surface area contributed by atoms with Crippen molar-refractivity contribution in [3.8, 4) is 11.5 Å². The molecule has 0 bridgehead atoms. The van der Waals surface area contributed by atoms with Gasteiger partial charge in [0.2, 0.25) is 6.79 Å². The minimum atomic E-state index is -3.74. The molecule has 2 aliphatic rings. The smallest absolute Gasteiger partial charge is 0.261 e. The van der Waals surface area contributed by atoms with Gasteiger partial charge in [0.05, 0.1) is 10.6 Å². The predicted molar refractivity (Wildman–Crippen MR) is 132 cm³/mol. The fraction of sp³-hybridized carbons (Fsp3) is 0.269. The third-order valence-electron chi connectivity index (χ3n) is 6.36. The minimum absolute atomic E-state index is 0.0917. The van der Waals surface area contributed by atoms with Crippen molar-refractivity contribution in [2.24, 2.45) is 0 Å². The van der Waals surface area contributed by atoms with Crippen LogP contribution < -0.4 is 14.2 Å². The molecule has 0 spiro atoms. The molecule has 9 heteroatoms. The first-order chi connectivity index (χ1) is 16.9. The molecule has 1 amide bonds. The van der Waals surface area contributed by atoms with Gasteiger partial charge in [-0.25, -0.2) is 8.42 Å². The SMILES string of the molecule is Cc1c(NS(=O)(=O)c2ccccc2)cccc1C(=O)N1CCN(Cc2ccc3c(c2)OCO3)CC1. The molecular weight excluding hydrogens is 466 g/mol. The highest BCUT2D eigenvalue weighted by molar-refractivity contribution is 7.92. The van der Waals surface area contributed by atoms with Crippen LogP contribution in [0.25, 0.3) is 0 Å². The van der Waals surface area contributed by atoms with Crippen LogP contribution in [-0.2, 0) is 16.6 Å². The van der Waals surface area contributed by atoms with Gasteiger partial charge in [-0.05, 0) is 54.4 Å². The number of sulfonamides is 1. The monoisotopic (exact) mass is 493 g/mol. The summed E-state index contributed by atoms with van der Waals surface area (Å²) < 4.78 is 39.0. The van der Waals surface area contributed by atoms with E-state index in [1.807, 2.05) is 23.1 Å². The maximum atomic E-state index is 13.3. The van der Waals surface area contributed by atoms with Gasteiger partial charge >= 0.3 is 0 Å². The van der Waals surface area contributed by atoms with Gasteiger partial charge in [-0.1, -0.05) is 30.3 Å². The fourth-order valence-corrected chi connectivity index (χ4v) is 5.50. The first-order valence-corrected chi connectivity index (χ1v) is 13.0. The van der Waals surface area contributed by atoms with Crippen LogP contribution in [0.2, 0.25) is 0 Å². The Morgan fingerprint density at radius 2 is 1.66 bits per heavy atom. The number of rotatable bonds is 6. The van der Waals surface area contributed by atoms with E-state index in [4.69, 9.17) is 9.47 Å². The predicted octanol–water partition coefficient (Wildman–Crippen LogP) is 3.48. The van der Waals surface area contributed by atoms with Crippen molar-refractivity contribution in [2.75, 3.05) is 37.7 Å². The van der Waals surface area contributed by atoms with E-state index in [9.17, 15) is 13.2 Å². The molecule has 0 radical (unpaired) electrons. The third kappa shape index (κ3) is 4.96. The molecule has 3 aromatic rings. The van der Waals surface area contributed by atoms with Crippen molar-refractivity contribution in [3.05, 3.63) is 83.4 Å². The molecule has 0 aromatic heterocycles. The summed E-state index contributed by atoms with van der Waals surface area (Å²) in [4.78, 5) is 17.6. The number of nitrogens with zero attached hydrogens (tertiary/aromatic N) is 2. The molecule has 182 valence electrons. The Kier molecular flexibility index (Phi) is 6.36. The van der Waals surface area contributed by atoms with Gasteiger partial charge < -0.3 is 14.4 Å². The summed E-state index contributed by atoms with van der Waals surface area (Å²) in [6.45, 7) is 5.50. The summed E-state index contributed by atoms with van der Waals surface area (Å²) in [6.07, 6.45) is 0. The quantitative estimate of drug-likeness (QED) is 0.566. The zero-order chi connectivity index (χ0) is 24.4. The molecule has 0 aliphatic carbocycles. The van der Waals surface area contributed by atoms with E-state index < -0.39 is 10.0 Å². The molecule has 0 unspecified atom stereocenters. The van der Waals surface area contributed by atoms with Gasteiger partial charge in [0.25, 0.3) is 15.9 Å². The lowest BCUT2D eigenvalue weighted by molar-refractivity contribution is 0.0628. The first kappa shape index (κ1) is 23.2. The molecule has 3 aromatic carbocycles. The number of hydrogen-bond acceptors (Lipinski definition) is 6. The van der Waals surface area contributed by atoms with Crippen molar-refractivity contribution >= 4 is 21.6 Å². The number of fused-ring (bicyclic) bond motifs is 1. The van der Waals surface area contributed by atoms with Gasteiger partial charge in [0, 0.05) is 38.3 Å². The molecule has 1 N–H and O–H groups in total. The number of benzene rings is 3. The number of carbonyl (C=O) groups is 1. The molecular formula is C26H27N3O5S. The summed E-state index contributed by atoms with van der Waals surface area (Å²) in [5.41, 5.74) is 2.66. The number of anilines is 1. The second kappa shape index (κ2) is 9.59. The Bertz CT molecular complexity index is 1340. The number of ether oxygens (including phenoxy) is 2. The summed E-state index contributed by atoms with van der Waals surface area (Å²) in [5, 5.41) is 0. The van der Waals surface area contributed by atoms with Crippen LogP contribution in [0.5, 0.6) is 11.5 Å². The molecule has 1 saturated heterocycles. The highest BCUT2D eigenvalue weighted by Gasteiger charge is 2.25. The molecule has 0 atom stereocenters. The van der Waals surface area contributed by atoms with E-state index in [1.165, 1.54) is 12.1 Å². The molecule has 0 saturated carbocycles. The molecule has 1 fully saturated rings. The fourth-order valence-electron chi connectivity index (χ4n) is 4.36. The van der Waals surface area contributed by atoms with Crippen molar-refractivity contribution in [1.29, 1.82) is 0 Å². The number of carbonyl (C=O) groups excluding carboxylic acids is 1. The third-order valence-corrected chi connectivity index (χ3v) is 7.75. The second-order valence-electron chi connectivity index (χ2n) is 8.65. The lowest BCUT2D eigenvalue weighted by Gasteiger charge is -2.35. The Morgan fingerprint density at radius 3 is 2.43 bits per heavy atom. The topological polar surface area (TPSA) is 88.2 Å². The summed E-state index contributed by atoms with van der Waals surface area (Å²) >= 11 is 0. The zero-order valence-corrected chi connectivity index (χ0v) is 20.3. The average Bonchev–Trinajstić information content (AvgIpc) is 3.34. The molecule has 5 rings (SSSR count). The average molecular weight is 494 g/mol. The van der Waals surface area contributed by atoms with E-state index in [0.717, 1.165) is 36.7 Å². The Hall–Kier alpha value is -3.56. The van der Waals surface area contributed by atoms with Crippen LogP contribution in [0.1, 0.15) is 21.5 Å². The molecule has 2 aliphatic heterocycles. The van der Waals surface area contributed by atoms with Crippen LogP contribution >= 0.6 is 0 Å². The van der Waals surface area contributed by atoms with E-state index in [0.29, 0.717) is 29.9 Å². The summed E-state index contributed by atoms with van der Waals surface area (Å²) in [6, 6.07) is 19.3. The number of hydrogen-bond donors (Lipinski definition) is 1. The Morgan fingerprint density at radius 1 is 0.914 bits per heavy atom. The maximum absolute atomic E-state index is 13.3. The second-order valence-corrected chi connectivity index (χ2v) is 10.3. The van der Waals surface area contributed by atoms with Crippen LogP contribution in [0.4, 0.5) is 5.69 Å². The molecule has 35 heavy (non-hydrogen) atoms. The van der Waals surface area contributed by atoms with Crippen molar-refractivity contribution in [3.63, 3.8) is 0 Å². The molecule has 8 nitrogen and oxygen atoms in total.